The molecular weight excluding hydrogens is 256 g/mol. The van der Waals surface area contributed by atoms with Crippen molar-refractivity contribution in [2.75, 3.05) is 6.61 Å². The van der Waals surface area contributed by atoms with Crippen molar-refractivity contribution in [3.63, 3.8) is 0 Å². The first kappa shape index (κ1) is 12.6. The number of hydrogen-bond donors (Lipinski definition) is 2. The Morgan fingerprint density at radius 3 is 3.00 bits per heavy atom. The molecule has 0 spiro atoms. The number of carbonyl (C=O) groups is 1. The Labute approximate surface area is 116 Å². The van der Waals surface area contributed by atoms with Crippen LogP contribution < -0.4 is 15.4 Å². The normalized spacial score (nSPS) is 16.9. The maximum Gasteiger partial charge on any atom is 0.315 e. The van der Waals surface area contributed by atoms with Crippen LogP contribution in [0.5, 0.6) is 5.75 Å². The zero-order valence-electron chi connectivity index (χ0n) is 11.0. The molecule has 3 rings (SSSR count). The van der Waals surface area contributed by atoms with Crippen LogP contribution in [0.1, 0.15) is 23.8 Å². The highest BCUT2D eigenvalue weighted by molar-refractivity contribution is 5.74. The first-order valence-corrected chi connectivity index (χ1v) is 6.61. The standard InChI is InChI=1S/C15H16N2O3/c18-15(16-10-11-4-3-8-19-11)17-13-7-9-20-14-6-2-1-5-12(13)14/h1-6,8,13H,7,9-10H2,(H2,16,17,18)/t13-/m0/s1. The predicted molar refractivity (Wildman–Crippen MR) is 73.4 cm³/mol. The Morgan fingerprint density at radius 1 is 1.25 bits per heavy atom. The zero-order valence-corrected chi connectivity index (χ0v) is 11.0. The van der Waals surface area contributed by atoms with Crippen LogP contribution in [0.25, 0.3) is 0 Å². The zero-order chi connectivity index (χ0) is 13.8. The topological polar surface area (TPSA) is 63.5 Å². The van der Waals surface area contributed by atoms with Gasteiger partial charge in [0.1, 0.15) is 11.5 Å². The molecule has 2 heterocycles. The number of fused-ring (bicyclic) bond motifs is 1. The van der Waals surface area contributed by atoms with Crippen LogP contribution in [-0.4, -0.2) is 12.6 Å². The molecule has 1 aliphatic rings. The minimum absolute atomic E-state index is 0.0171. The molecule has 0 fully saturated rings. The first-order valence-electron chi connectivity index (χ1n) is 6.61. The van der Waals surface area contributed by atoms with Gasteiger partial charge in [0.25, 0.3) is 0 Å². The fraction of sp³-hybridized carbons (Fsp3) is 0.267. The summed E-state index contributed by atoms with van der Waals surface area (Å²) in [5.74, 6) is 1.57. The summed E-state index contributed by atoms with van der Waals surface area (Å²) in [5, 5.41) is 5.74. The molecule has 0 saturated carbocycles. The molecule has 1 aromatic carbocycles. The summed E-state index contributed by atoms with van der Waals surface area (Å²) in [6, 6.07) is 11.2. The van der Waals surface area contributed by atoms with Gasteiger partial charge in [-0.1, -0.05) is 18.2 Å². The fourth-order valence-corrected chi connectivity index (χ4v) is 2.28. The van der Waals surface area contributed by atoms with E-state index in [-0.39, 0.29) is 12.1 Å². The highest BCUT2D eigenvalue weighted by atomic mass is 16.5. The third kappa shape index (κ3) is 2.77. The Morgan fingerprint density at radius 2 is 2.15 bits per heavy atom. The molecule has 2 aromatic rings. The fourth-order valence-electron chi connectivity index (χ4n) is 2.28. The molecule has 2 N–H and O–H groups in total. The molecule has 0 saturated heterocycles. The number of hydrogen-bond acceptors (Lipinski definition) is 3. The molecule has 0 radical (unpaired) electrons. The number of ether oxygens (including phenoxy) is 1. The highest BCUT2D eigenvalue weighted by Crippen LogP contribution is 2.31. The van der Waals surface area contributed by atoms with E-state index in [1.165, 1.54) is 0 Å². The maximum atomic E-state index is 11.9. The van der Waals surface area contributed by atoms with Crippen molar-refractivity contribution in [2.24, 2.45) is 0 Å². The van der Waals surface area contributed by atoms with E-state index < -0.39 is 0 Å². The van der Waals surface area contributed by atoms with Crippen molar-refractivity contribution >= 4 is 6.03 Å². The molecular formula is C15H16N2O3. The van der Waals surface area contributed by atoms with Gasteiger partial charge in [0.15, 0.2) is 0 Å². The second-order valence-corrected chi connectivity index (χ2v) is 4.63. The second kappa shape index (κ2) is 5.69. The van der Waals surface area contributed by atoms with Crippen molar-refractivity contribution in [1.82, 2.24) is 10.6 Å². The van der Waals surface area contributed by atoms with E-state index >= 15 is 0 Å². The third-order valence-electron chi connectivity index (χ3n) is 3.27. The Kier molecular flexibility index (Phi) is 3.58. The van der Waals surface area contributed by atoms with E-state index in [1.807, 2.05) is 30.3 Å². The van der Waals surface area contributed by atoms with Gasteiger partial charge in [0, 0.05) is 12.0 Å². The smallest absolute Gasteiger partial charge is 0.315 e. The minimum Gasteiger partial charge on any atom is -0.493 e. The number of para-hydroxylation sites is 1. The van der Waals surface area contributed by atoms with Gasteiger partial charge in [0.2, 0.25) is 0 Å². The number of furan rings is 1. The lowest BCUT2D eigenvalue weighted by Gasteiger charge is -2.26. The summed E-state index contributed by atoms with van der Waals surface area (Å²) < 4.78 is 10.7. The van der Waals surface area contributed by atoms with Crippen LogP contribution in [0.15, 0.2) is 47.1 Å². The van der Waals surface area contributed by atoms with Gasteiger partial charge in [-0.3, -0.25) is 0 Å². The van der Waals surface area contributed by atoms with Crippen LogP contribution in [0.2, 0.25) is 0 Å². The third-order valence-corrected chi connectivity index (χ3v) is 3.27. The Balaban J connectivity index is 1.59. The van der Waals surface area contributed by atoms with E-state index in [0.29, 0.717) is 13.2 Å². The van der Waals surface area contributed by atoms with E-state index in [4.69, 9.17) is 9.15 Å². The summed E-state index contributed by atoms with van der Waals surface area (Å²) in [6.07, 6.45) is 2.36. The van der Waals surface area contributed by atoms with E-state index in [2.05, 4.69) is 10.6 Å². The summed E-state index contributed by atoms with van der Waals surface area (Å²) in [6.45, 7) is 0.990. The molecule has 0 aliphatic carbocycles. The summed E-state index contributed by atoms with van der Waals surface area (Å²) >= 11 is 0. The van der Waals surface area contributed by atoms with Gasteiger partial charge in [-0.05, 0) is 18.2 Å². The van der Waals surface area contributed by atoms with E-state index in [1.54, 1.807) is 12.3 Å². The van der Waals surface area contributed by atoms with Crippen molar-refractivity contribution in [2.45, 2.75) is 19.0 Å². The van der Waals surface area contributed by atoms with Crippen LogP contribution >= 0.6 is 0 Å². The number of carbonyl (C=O) groups excluding carboxylic acids is 1. The molecule has 2 amide bonds. The van der Waals surface area contributed by atoms with Crippen LogP contribution in [0.3, 0.4) is 0 Å². The number of amides is 2. The number of rotatable bonds is 3. The Bertz CT molecular complexity index is 581. The molecule has 5 nitrogen and oxygen atoms in total. The lowest BCUT2D eigenvalue weighted by atomic mass is 10.0. The molecule has 20 heavy (non-hydrogen) atoms. The van der Waals surface area contributed by atoms with E-state index in [0.717, 1.165) is 23.5 Å². The molecule has 0 unspecified atom stereocenters. The van der Waals surface area contributed by atoms with Gasteiger partial charge in [-0.25, -0.2) is 4.79 Å². The number of nitrogens with one attached hydrogen (secondary N) is 2. The number of benzene rings is 1. The quantitative estimate of drug-likeness (QED) is 0.902. The Hall–Kier alpha value is -2.43. The van der Waals surface area contributed by atoms with Crippen molar-refractivity contribution in [3.8, 4) is 5.75 Å². The van der Waals surface area contributed by atoms with E-state index in [9.17, 15) is 4.79 Å². The number of urea groups is 1. The molecule has 1 aromatic heterocycles. The molecule has 1 aliphatic heterocycles. The molecule has 5 heteroatoms. The minimum atomic E-state index is -0.205. The van der Waals surface area contributed by atoms with Crippen LogP contribution in [0.4, 0.5) is 4.79 Å². The summed E-state index contributed by atoms with van der Waals surface area (Å²) in [5.41, 5.74) is 1.02. The van der Waals surface area contributed by atoms with Gasteiger partial charge >= 0.3 is 6.03 Å². The highest BCUT2D eigenvalue weighted by Gasteiger charge is 2.22. The monoisotopic (exact) mass is 272 g/mol. The van der Waals surface area contributed by atoms with Gasteiger partial charge in [0.05, 0.1) is 25.5 Å². The first-order chi connectivity index (χ1) is 9.83. The van der Waals surface area contributed by atoms with Gasteiger partial charge in [-0.15, -0.1) is 0 Å². The maximum absolute atomic E-state index is 11.9. The summed E-state index contributed by atoms with van der Waals surface area (Å²) in [4.78, 5) is 11.9. The second-order valence-electron chi connectivity index (χ2n) is 4.63. The van der Waals surface area contributed by atoms with Crippen LogP contribution in [0, 0.1) is 0 Å². The lowest BCUT2D eigenvalue weighted by Crippen LogP contribution is -2.39. The largest absolute Gasteiger partial charge is 0.493 e. The average molecular weight is 272 g/mol. The van der Waals surface area contributed by atoms with Gasteiger partial charge in [-0.2, -0.15) is 0 Å². The van der Waals surface area contributed by atoms with Crippen LogP contribution in [-0.2, 0) is 6.54 Å². The van der Waals surface area contributed by atoms with Gasteiger partial charge < -0.3 is 19.8 Å². The predicted octanol–water partition coefficient (Wildman–Crippen LogP) is 2.60. The lowest BCUT2D eigenvalue weighted by molar-refractivity contribution is 0.222. The molecule has 1 atom stereocenters. The summed E-state index contributed by atoms with van der Waals surface area (Å²) in [7, 11) is 0. The average Bonchev–Trinajstić information content (AvgIpc) is 2.99. The molecule has 104 valence electrons. The SMILES string of the molecule is O=C(NCc1ccco1)N[C@H]1CCOc2ccccc21. The van der Waals surface area contributed by atoms with Crippen molar-refractivity contribution < 1.29 is 13.9 Å². The molecule has 0 bridgehead atoms. The van der Waals surface area contributed by atoms with Crippen molar-refractivity contribution in [1.29, 1.82) is 0 Å². The van der Waals surface area contributed by atoms with Crippen molar-refractivity contribution in [3.05, 3.63) is 54.0 Å².